The molecule has 1 aromatic carbocycles. The van der Waals surface area contributed by atoms with E-state index in [0.717, 1.165) is 25.9 Å². The van der Waals surface area contributed by atoms with Crippen LogP contribution < -0.4 is 0 Å². The van der Waals surface area contributed by atoms with E-state index in [1.165, 1.54) is 11.1 Å². The van der Waals surface area contributed by atoms with Crippen LogP contribution in [-0.4, -0.2) is 26.9 Å². The smallest absolute Gasteiger partial charge is 0.103 e. The molecule has 0 spiro atoms. The van der Waals surface area contributed by atoms with Crippen molar-refractivity contribution >= 4 is 39.8 Å². The Kier molecular flexibility index (Phi) is 5.76. The van der Waals surface area contributed by atoms with E-state index in [1.54, 1.807) is 6.08 Å². The molecule has 2 atom stereocenters. The zero-order valence-corrected chi connectivity index (χ0v) is 15.1. The van der Waals surface area contributed by atoms with Gasteiger partial charge < -0.3 is 0 Å². The lowest BCUT2D eigenvalue weighted by Gasteiger charge is -2.26. The van der Waals surface area contributed by atoms with Crippen molar-refractivity contribution in [2.24, 2.45) is 0 Å². The summed E-state index contributed by atoms with van der Waals surface area (Å²) in [5.74, 6) is 0. The molecule has 0 radical (unpaired) electrons. The lowest BCUT2D eigenvalue weighted by Crippen LogP contribution is -2.35. The van der Waals surface area contributed by atoms with Gasteiger partial charge in [0.25, 0.3) is 0 Å². The van der Waals surface area contributed by atoms with Gasteiger partial charge in [-0.2, -0.15) is 0 Å². The fourth-order valence-electron chi connectivity index (χ4n) is 2.91. The van der Waals surface area contributed by atoms with Gasteiger partial charge in [0, 0.05) is 23.2 Å². The molecule has 0 N–H and O–H groups in total. The van der Waals surface area contributed by atoms with Crippen LogP contribution in [0.4, 0.5) is 0 Å². The molecule has 0 aromatic heterocycles. The molecular formula is C18H19Cl2NOS. The Morgan fingerprint density at radius 3 is 2.61 bits per heavy atom. The third-order valence-electron chi connectivity index (χ3n) is 4.15. The molecule has 0 bridgehead atoms. The number of hydrogen-bond donors (Lipinski definition) is 0. The molecule has 2 nitrogen and oxygen atoms in total. The lowest BCUT2D eigenvalue weighted by atomic mass is 10.0. The summed E-state index contributed by atoms with van der Waals surface area (Å²) in [5, 5.41) is 1.06. The largest absolute Gasteiger partial charge is 0.242 e. The molecule has 122 valence electrons. The van der Waals surface area contributed by atoms with E-state index in [9.17, 15) is 4.21 Å². The normalized spacial score (nSPS) is 24.3. The summed E-state index contributed by atoms with van der Waals surface area (Å²) in [6, 6.07) is 10.4. The number of nitrogens with zero attached hydrogens (tertiary/aromatic N) is 1. The molecular weight excluding hydrogens is 349 g/mol. The fourth-order valence-corrected chi connectivity index (χ4v) is 5.05. The summed E-state index contributed by atoms with van der Waals surface area (Å²) in [7, 11) is -1.12. The van der Waals surface area contributed by atoms with E-state index in [-0.39, 0.29) is 5.25 Å². The number of allylic oxidation sites excluding steroid dienone is 3. The van der Waals surface area contributed by atoms with Crippen molar-refractivity contribution in [2.45, 2.75) is 24.5 Å². The van der Waals surface area contributed by atoms with Gasteiger partial charge in [-0.25, -0.2) is 8.51 Å². The van der Waals surface area contributed by atoms with Crippen molar-refractivity contribution in [3.8, 4) is 0 Å². The van der Waals surface area contributed by atoms with Crippen LogP contribution in [0.2, 0.25) is 0 Å². The second-order valence-electron chi connectivity index (χ2n) is 5.68. The van der Waals surface area contributed by atoms with Gasteiger partial charge >= 0.3 is 0 Å². The summed E-state index contributed by atoms with van der Waals surface area (Å²) in [6.45, 7) is 1.58. The van der Waals surface area contributed by atoms with Gasteiger partial charge in [-0.15, -0.1) is 0 Å². The van der Waals surface area contributed by atoms with E-state index >= 15 is 0 Å². The van der Waals surface area contributed by atoms with Crippen molar-refractivity contribution < 1.29 is 4.21 Å². The number of rotatable bonds is 3. The van der Waals surface area contributed by atoms with Gasteiger partial charge in [-0.1, -0.05) is 65.7 Å². The maximum atomic E-state index is 12.9. The molecule has 1 heterocycles. The zero-order valence-electron chi connectivity index (χ0n) is 12.8. The van der Waals surface area contributed by atoms with E-state index in [1.807, 2.05) is 16.4 Å². The summed E-state index contributed by atoms with van der Waals surface area (Å²) in [5.41, 5.74) is 2.59. The van der Waals surface area contributed by atoms with Gasteiger partial charge in [-0.05, 0) is 36.5 Å². The van der Waals surface area contributed by atoms with Crippen LogP contribution in [0.1, 0.15) is 24.8 Å². The van der Waals surface area contributed by atoms with Crippen LogP contribution in [0, 0.1) is 0 Å². The Morgan fingerprint density at radius 2 is 1.87 bits per heavy atom. The quantitative estimate of drug-likeness (QED) is 0.747. The summed E-state index contributed by atoms with van der Waals surface area (Å²) in [4.78, 5) is 0. The average Bonchev–Trinajstić information content (AvgIpc) is 2.81. The SMILES string of the molecule is O=S(C1CC=C(Cl)C=C1Cl)N1CCC=C(c2ccccc2)CC1. The van der Waals surface area contributed by atoms with Gasteiger partial charge in [-0.3, -0.25) is 0 Å². The number of hydrogen-bond acceptors (Lipinski definition) is 1. The monoisotopic (exact) mass is 367 g/mol. The Labute approximate surface area is 150 Å². The van der Waals surface area contributed by atoms with Gasteiger partial charge in [0.1, 0.15) is 11.0 Å². The molecule has 0 amide bonds. The van der Waals surface area contributed by atoms with E-state index in [2.05, 4.69) is 30.3 Å². The number of benzene rings is 1. The van der Waals surface area contributed by atoms with Crippen molar-refractivity contribution in [2.75, 3.05) is 13.1 Å². The molecule has 1 aliphatic carbocycles. The first-order valence-electron chi connectivity index (χ1n) is 7.78. The minimum Gasteiger partial charge on any atom is -0.242 e. The first-order valence-corrected chi connectivity index (χ1v) is 9.70. The second-order valence-corrected chi connectivity index (χ2v) is 8.19. The van der Waals surface area contributed by atoms with Crippen molar-refractivity contribution in [1.29, 1.82) is 0 Å². The first-order chi connectivity index (χ1) is 11.1. The average molecular weight is 368 g/mol. The predicted molar refractivity (Wildman–Crippen MR) is 99.6 cm³/mol. The Hall–Kier alpha value is -0.870. The van der Waals surface area contributed by atoms with Crippen LogP contribution in [0.25, 0.3) is 5.57 Å². The highest BCUT2D eigenvalue weighted by Gasteiger charge is 2.28. The van der Waals surface area contributed by atoms with Crippen molar-refractivity contribution in [3.05, 3.63) is 64.2 Å². The molecule has 1 aromatic rings. The molecule has 5 heteroatoms. The lowest BCUT2D eigenvalue weighted by molar-refractivity contribution is 0.464. The van der Waals surface area contributed by atoms with Crippen LogP contribution in [0.15, 0.2) is 58.6 Å². The van der Waals surface area contributed by atoms with Crippen LogP contribution in [-0.2, 0) is 11.0 Å². The molecule has 2 unspecified atom stereocenters. The summed E-state index contributed by atoms with van der Waals surface area (Å²) in [6.07, 6.45) is 8.31. The molecule has 2 aliphatic rings. The highest BCUT2D eigenvalue weighted by atomic mass is 35.5. The minimum absolute atomic E-state index is 0.169. The molecule has 0 saturated heterocycles. The van der Waals surface area contributed by atoms with E-state index in [0.29, 0.717) is 16.5 Å². The maximum absolute atomic E-state index is 12.9. The van der Waals surface area contributed by atoms with E-state index < -0.39 is 11.0 Å². The predicted octanol–water partition coefficient (Wildman–Crippen LogP) is 4.85. The van der Waals surface area contributed by atoms with Gasteiger partial charge in [0.15, 0.2) is 0 Å². The summed E-state index contributed by atoms with van der Waals surface area (Å²) >= 11 is 12.2. The standard InChI is InChI=1S/C18H19Cl2NOS/c19-16-8-9-18(17(20)13-16)23(22)21-11-4-7-15(10-12-21)14-5-2-1-3-6-14/h1-3,5-8,13,18H,4,9-12H2. The maximum Gasteiger partial charge on any atom is 0.103 e. The molecule has 1 aliphatic heterocycles. The zero-order chi connectivity index (χ0) is 16.2. The Morgan fingerprint density at radius 1 is 1.09 bits per heavy atom. The summed E-state index contributed by atoms with van der Waals surface area (Å²) < 4.78 is 14.9. The fraction of sp³-hybridized carbons (Fsp3) is 0.333. The first kappa shape index (κ1) is 17.0. The third-order valence-corrected chi connectivity index (χ3v) is 6.73. The van der Waals surface area contributed by atoms with Gasteiger partial charge in [0.2, 0.25) is 0 Å². The second kappa shape index (κ2) is 7.80. The van der Waals surface area contributed by atoms with Crippen LogP contribution >= 0.6 is 23.2 Å². The van der Waals surface area contributed by atoms with Crippen LogP contribution in [0.5, 0.6) is 0 Å². The molecule has 3 rings (SSSR count). The van der Waals surface area contributed by atoms with Crippen molar-refractivity contribution in [3.63, 3.8) is 0 Å². The Balaban J connectivity index is 1.66. The van der Waals surface area contributed by atoms with Crippen LogP contribution in [0.3, 0.4) is 0 Å². The minimum atomic E-state index is -1.12. The van der Waals surface area contributed by atoms with Gasteiger partial charge in [0.05, 0.1) is 5.25 Å². The van der Waals surface area contributed by atoms with E-state index in [4.69, 9.17) is 23.2 Å². The highest BCUT2D eigenvalue weighted by Crippen LogP contribution is 2.30. The third kappa shape index (κ3) is 4.16. The molecule has 0 saturated carbocycles. The molecule has 0 fully saturated rings. The Bertz CT molecular complexity index is 682. The topological polar surface area (TPSA) is 20.3 Å². The highest BCUT2D eigenvalue weighted by molar-refractivity contribution is 7.83. The van der Waals surface area contributed by atoms with Crippen molar-refractivity contribution in [1.82, 2.24) is 4.31 Å². The number of halogens is 2. The molecule has 23 heavy (non-hydrogen) atoms.